The second kappa shape index (κ2) is 10.7. The molecule has 1 amide bonds. The molecule has 1 rings (SSSR count). The Morgan fingerprint density at radius 3 is 2.30 bits per heavy atom. The number of benzene rings is 1. The van der Waals surface area contributed by atoms with Crippen molar-refractivity contribution in [1.82, 2.24) is 5.32 Å². The second-order valence-electron chi connectivity index (χ2n) is 7.00. The van der Waals surface area contributed by atoms with E-state index in [1.54, 1.807) is 0 Å². The zero-order valence-corrected chi connectivity index (χ0v) is 18.2. The van der Waals surface area contributed by atoms with Crippen LogP contribution in [-0.2, 0) is 14.6 Å². The first kappa shape index (κ1) is 25.5. The van der Waals surface area contributed by atoms with Gasteiger partial charge < -0.3 is 20.5 Å². The first-order valence-corrected chi connectivity index (χ1v) is 10.2. The molecule has 1 aromatic rings. The molecule has 0 radical (unpaired) electrons. The molecule has 27 heavy (non-hydrogen) atoms. The first-order chi connectivity index (χ1) is 12.1. The molecule has 0 fully saturated rings. The fraction of sp³-hybridized carbons (Fsp3) is 0.611. The maximum Gasteiger partial charge on any atom is 0.221 e. The van der Waals surface area contributed by atoms with Crippen LogP contribution in [0.4, 0.5) is 0 Å². The van der Waals surface area contributed by atoms with Gasteiger partial charge in [0.2, 0.25) is 5.91 Å². The molecule has 0 bridgehead atoms. The van der Waals surface area contributed by atoms with Crippen molar-refractivity contribution in [3.63, 3.8) is 0 Å². The Morgan fingerprint density at radius 2 is 1.81 bits per heavy atom. The van der Waals surface area contributed by atoms with Crippen molar-refractivity contribution in [2.45, 2.75) is 44.0 Å². The van der Waals surface area contributed by atoms with Gasteiger partial charge in [0.1, 0.15) is 0 Å². The van der Waals surface area contributed by atoms with Crippen LogP contribution in [0.5, 0.6) is 11.5 Å². The third kappa shape index (κ3) is 7.56. The summed E-state index contributed by atoms with van der Waals surface area (Å²) < 4.78 is 35.3. The van der Waals surface area contributed by atoms with Crippen LogP contribution < -0.4 is 20.5 Å². The number of nitrogens with one attached hydrogen (secondary N) is 1. The molecule has 0 heterocycles. The van der Waals surface area contributed by atoms with Crippen molar-refractivity contribution in [1.29, 1.82) is 0 Å². The quantitative estimate of drug-likeness (QED) is 0.598. The average molecular weight is 423 g/mol. The highest BCUT2D eigenvalue weighted by molar-refractivity contribution is 7.91. The first-order valence-electron chi connectivity index (χ1n) is 8.52. The predicted octanol–water partition coefficient (Wildman–Crippen LogP) is 2.17. The van der Waals surface area contributed by atoms with Gasteiger partial charge in [-0.3, -0.25) is 4.79 Å². The molecule has 0 aliphatic heterocycles. The lowest BCUT2D eigenvalue weighted by atomic mass is 9.90. The second-order valence-corrected chi connectivity index (χ2v) is 9.11. The summed E-state index contributed by atoms with van der Waals surface area (Å²) in [5.74, 6) is 0.501. The highest BCUT2D eigenvalue weighted by atomic mass is 35.5. The highest BCUT2D eigenvalue weighted by Gasteiger charge is 2.27. The third-order valence-electron chi connectivity index (χ3n) is 4.06. The fourth-order valence-electron chi connectivity index (χ4n) is 2.84. The van der Waals surface area contributed by atoms with E-state index in [4.69, 9.17) is 15.2 Å². The normalized spacial score (nSPS) is 13.4. The molecule has 1 atom stereocenters. The zero-order valence-electron chi connectivity index (χ0n) is 16.6. The van der Waals surface area contributed by atoms with Crippen LogP contribution >= 0.6 is 12.4 Å². The van der Waals surface area contributed by atoms with Gasteiger partial charge in [0, 0.05) is 24.6 Å². The van der Waals surface area contributed by atoms with E-state index < -0.39 is 15.4 Å². The summed E-state index contributed by atoms with van der Waals surface area (Å²) in [6.07, 6.45) is 0.585. The summed E-state index contributed by atoms with van der Waals surface area (Å²) in [7, 11) is -0.717. The molecule has 0 saturated carbocycles. The number of methoxy groups -OCH3 is 2. The van der Waals surface area contributed by atoms with Crippen LogP contribution in [0, 0.1) is 5.92 Å². The molecule has 0 saturated heterocycles. The van der Waals surface area contributed by atoms with Crippen molar-refractivity contribution in [2.24, 2.45) is 11.7 Å². The molecule has 0 aliphatic rings. The van der Waals surface area contributed by atoms with Gasteiger partial charge in [0.05, 0.1) is 24.9 Å². The molecule has 0 spiro atoms. The SMILES string of the molecule is COc1ccc(S(=O)(=O)CCC(=O)NC(C)(CN)CC(C)C)cc1OC.Cl. The maximum absolute atomic E-state index is 12.5. The number of nitrogens with two attached hydrogens (primary N) is 1. The third-order valence-corrected chi connectivity index (χ3v) is 5.78. The average Bonchev–Trinajstić information content (AvgIpc) is 2.58. The smallest absolute Gasteiger partial charge is 0.221 e. The van der Waals surface area contributed by atoms with Crippen molar-refractivity contribution >= 4 is 28.2 Å². The lowest BCUT2D eigenvalue weighted by Crippen LogP contribution is -2.52. The van der Waals surface area contributed by atoms with Crippen LogP contribution in [-0.4, -0.2) is 46.4 Å². The minimum atomic E-state index is -3.63. The van der Waals surface area contributed by atoms with E-state index >= 15 is 0 Å². The Balaban J connectivity index is 0.00000676. The van der Waals surface area contributed by atoms with Crippen LogP contribution in [0.15, 0.2) is 23.1 Å². The Hall–Kier alpha value is -1.51. The summed E-state index contributed by atoms with van der Waals surface area (Å²) in [5, 5.41) is 2.87. The monoisotopic (exact) mass is 422 g/mol. The number of carbonyl (C=O) groups excluding carboxylic acids is 1. The number of hydrogen-bond acceptors (Lipinski definition) is 6. The van der Waals surface area contributed by atoms with Crippen LogP contribution in [0.2, 0.25) is 0 Å². The van der Waals surface area contributed by atoms with Crippen molar-refractivity contribution in [3.05, 3.63) is 18.2 Å². The summed E-state index contributed by atoms with van der Waals surface area (Å²) in [6, 6.07) is 4.37. The maximum atomic E-state index is 12.5. The van der Waals surface area contributed by atoms with Gasteiger partial charge in [-0.25, -0.2) is 8.42 Å². The Labute approximate surface area is 168 Å². The van der Waals surface area contributed by atoms with Gasteiger partial charge in [-0.2, -0.15) is 0 Å². The van der Waals surface area contributed by atoms with Crippen molar-refractivity contribution < 1.29 is 22.7 Å². The molecular weight excluding hydrogens is 392 g/mol. The minimum absolute atomic E-state index is 0. The Kier molecular flexibility index (Phi) is 10.1. The summed E-state index contributed by atoms with van der Waals surface area (Å²) >= 11 is 0. The molecule has 3 N–H and O–H groups in total. The number of rotatable bonds is 10. The molecule has 0 aliphatic carbocycles. The standard InChI is InChI=1S/C18H30N2O5S.ClH/c1-13(2)11-18(3,12-19)20-17(21)8-9-26(22,23)14-6-7-15(24-4)16(10-14)25-5;/h6-7,10,13H,8-9,11-12,19H2,1-5H3,(H,20,21);1H. The largest absolute Gasteiger partial charge is 0.493 e. The van der Waals surface area contributed by atoms with Crippen molar-refractivity contribution in [3.8, 4) is 11.5 Å². The van der Waals surface area contributed by atoms with Crippen LogP contribution in [0.1, 0.15) is 33.6 Å². The molecule has 7 nitrogen and oxygen atoms in total. The van der Waals surface area contributed by atoms with Crippen molar-refractivity contribution in [2.75, 3.05) is 26.5 Å². The summed E-state index contributed by atoms with van der Waals surface area (Å²) in [4.78, 5) is 12.3. The van der Waals surface area contributed by atoms with Gasteiger partial charge in [-0.15, -0.1) is 12.4 Å². The molecule has 1 unspecified atom stereocenters. The summed E-state index contributed by atoms with van der Waals surface area (Å²) in [5.41, 5.74) is 5.23. The number of carbonyl (C=O) groups is 1. The predicted molar refractivity (Wildman–Crippen MR) is 109 cm³/mol. The van der Waals surface area contributed by atoms with E-state index in [1.807, 2.05) is 20.8 Å². The number of halogens is 1. The molecule has 1 aromatic carbocycles. The highest BCUT2D eigenvalue weighted by Crippen LogP contribution is 2.30. The van der Waals surface area contributed by atoms with E-state index in [0.29, 0.717) is 24.0 Å². The van der Waals surface area contributed by atoms with E-state index in [-0.39, 0.29) is 35.4 Å². The van der Waals surface area contributed by atoms with Gasteiger partial charge in [-0.1, -0.05) is 13.8 Å². The fourth-order valence-corrected chi connectivity index (χ4v) is 4.09. The van der Waals surface area contributed by atoms with Gasteiger partial charge in [-0.05, 0) is 31.4 Å². The van der Waals surface area contributed by atoms with Crippen LogP contribution in [0.25, 0.3) is 0 Å². The van der Waals surface area contributed by atoms with Gasteiger partial charge in [0.15, 0.2) is 21.3 Å². The van der Waals surface area contributed by atoms with Gasteiger partial charge in [0.25, 0.3) is 0 Å². The zero-order chi connectivity index (χ0) is 20.0. The lowest BCUT2D eigenvalue weighted by molar-refractivity contribution is -0.122. The number of amides is 1. The summed E-state index contributed by atoms with van der Waals surface area (Å²) in [6.45, 7) is 6.25. The Morgan fingerprint density at radius 1 is 1.22 bits per heavy atom. The molecule has 156 valence electrons. The van der Waals surface area contributed by atoms with E-state index in [1.165, 1.54) is 32.4 Å². The Bertz CT molecular complexity index is 724. The molecular formula is C18H31ClN2O5S. The van der Waals surface area contributed by atoms with Gasteiger partial charge >= 0.3 is 0 Å². The lowest BCUT2D eigenvalue weighted by Gasteiger charge is -2.31. The number of sulfone groups is 1. The van der Waals surface area contributed by atoms with Crippen LogP contribution in [0.3, 0.4) is 0 Å². The number of hydrogen-bond donors (Lipinski definition) is 2. The van der Waals surface area contributed by atoms with E-state index in [0.717, 1.165) is 6.42 Å². The minimum Gasteiger partial charge on any atom is -0.493 e. The number of ether oxygens (including phenoxy) is 2. The van der Waals surface area contributed by atoms with E-state index in [9.17, 15) is 13.2 Å². The topological polar surface area (TPSA) is 108 Å². The molecule has 0 aromatic heterocycles. The molecule has 9 heteroatoms. The van der Waals surface area contributed by atoms with E-state index in [2.05, 4.69) is 5.32 Å².